The summed E-state index contributed by atoms with van der Waals surface area (Å²) in [6, 6.07) is 16.6. The number of rotatable bonds is 6. The van der Waals surface area contributed by atoms with Gasteiger partial charge in [-0.25, -0.2) is 4.39 Å². The predicted molar refractivity (Wildman–Crippen MR) is 108 cm³/mol. The molecule has 0 aliphatic heterocycles. The Bertz CT molecular complexity index is 883. The van der Waals surface area contributed by atoms with Gasteiger partial charge in [0.1, 0.15) is 5.82 Å². The van der Waals surface area contributed by atoms with Crippen molar-refractivity contribution in [1.29, 1.82) is 5.41 Å². The Morgan fingerprint density at radius 1 is 1.11 bits per heavy atom. The molecule has 0 aliphatic carbocycles. The van der Waals surface area contributed by atoms with Crippen LogP contribution in [0.4, 0.5) is 10.3 Å². The number of hydrogen-bond acceptors (Lipinski definition) is 3. The van der Waals surface area contributed by atoms with Gasteiger partial charge in [0.25, 0.3) is 0 Å². The molecular weight excluding hydrogens is 367 g/mol. The smallest absolute Gasteiger partial charge is 0.231 e. The van der Waals surface area contributed by atoms with E-state index in [1.165, 1.54) is 0 Å². The third kappa shape index (κ3) is 5.56. The van der Waals surface area contributed by atoms with E-state index in [2.05, 4.69) is 15.8 Å². The topological polar surface area (TPSA) is 73.9 Å². The van der Waals surface area contributed by atoms with Crippen LogP contribution in [0.15, 0.2) is 59.1 Å². The molecule has 5 nitrogen and oxygen atoms in total. The minimum Gasteiger partial charge on any atom is -0.357 e. The van der Waals surface area contributed by atoms with Crippen LogP contribution in [0, 0.1) is 11.2 Å². The number of aromatic nitrogens is 1. The second-order valence-electron chi connectivity index (χ2n) is 5.89. The second kappa shape index (κ2) is 9.73. The first-order valence-electron chi connectivity index (χ1n) is 8.54. The molecule has 1 heterocycles. The van der Waals surface area contributed by atoms with E-state index in [4.69, 9.17) is 9.93 Å². The highest BCUT2D eigenvalue weighted by molar-refractivity contribution is 5.89. The summed E-state index contributed by atoms with van der Waals surface area (Å²) in [5.41, 5.74) is 3.13. The molecule has 0 unspecified atom stereocenters. The van der Waals surface area contributed by atoms with E-state index in [9.17, 15) is 4.39 Å². The fourth-order valence-electron chi connectivity index (χ4n) is 2.67. The molecule has 142 valence electrons. The zero-order chi connectivity index (χ0) is 18.4. The third-order valence-corrected chi connectivity index (χ3v) is 3.95. The van der Waals surface area contributed by atoms with Crippen molar-refractivity contribution in [1.82, 2.24) is 10.5 Å². The van der Waals surface area contributed by atoms with Gasteiger partial charge in [0.2, 0.25) is 5.88 Å². The van der Waals surface area contributed by atoms with Crippen LogP contribution in [0.25, 0.3) is 11.1 Å². The lowest BCUT2D eigenvalue weighted by atomic mass is 10.0. The molecule has 3 aromatic rings. The van der Waals surface area contributed by atoms with Gasteiger partial charge >= 0.3 is 0 Å². The molecule has 0 radical (unpaired) electrons. The molecule has 3 N–H and O–H groups in total. The average Bonchev–Trinajstić information content (AvgIpc) is 3.08. The zero-order valence-corrected chi connectivity index (χ0v) is 15.8. The van der Waals surface area contributed by atoms with Crippen molar-refractivity contribution in [3.63, 3.8) is 0 Å². The lowest BCUT2D eigenvalue weighted by Gasteiger charge is -2.06. The molecule has 0 saturated heterocycles. The number of benzene rings is 2. The van der Waals surface area contributed by atoms with Gasteiger partial charge in [-0.05, 0) is 37.0 Å². The predicted octanol–water partition coefficient (Wildman–Crippen LogP) is 4.64. The zero-order valence-electron chi connectivity index (χ0n) is 15.0. The maximum Gasteiger partial charge on any atom is 0.231 e. The Morgan fingerprint density at radius 2 is 1.89 bits per heavy atom. The molecule has 1 aromatic heterocycles. The van der Waals surface area contributed by atoms with Crippen molar-refractivity contribution < 1.29 is 8.91 Å². The van der Waals surface area contributed by atoms with Crippen LogP contribution in [-0.2, 0) is 12.8 Å². The molecule has 0 spiro atoms. The molecule has 0 atom stereocenters. The number of nitrogens with one attached hydrogen (secondary N) is 3. The largest absolute Gasteiger partial charge is 0.357 e. The number of halogens is 2. The number of aryl methyl sites for hydroxylation is 2. The van der Waals surface area contributed by atoms with Crippen LogP contribution < -0.4 is 10.6 Å². The minimum atomic E-state index is -0.227. The summed E-state index contributed by atoms with van der Waals surface area (Å²) in [6.45, 7) is 2.56. The molecular formula is C20H22ClFN4O. The molecule has 7 heteroatoms. The number of anilines is 1. The second-order valence-corrected chi connectivity index (χ2v) is 5.89. The van der Waals surface area contributed by atoms with Gasteiger partial charge < -0.3 is 9.84 Å². The maximum atomic E-state index is 14.4. The monoisotopic (exact) mass is 388 g/mol. The fourth-order valence-corrected chi connectivity index (χ4v) is 2.67. The van der Waals surface area contributed by atoms with Gasteiger partial charge in [0, 0.05) is 18.2 Å². The van der Waals surface area contributed by atoms with Crippen molar-refractivity contribution in [3.05, 3.63) is 71.7 Å². The highest BCUT2D eigenvalue weighted by atomic mass is 35.5. The molecule has 2 aromatic carbocycles. The normalized spacial score (nSPS) is 10.1. The van der Waals surface area contributed by atoms with E-state index in [0.717, 1.165) is 16.8 Å². The molecule has 0 bridgehead atoms. The van der Waals surface area contributed by atoms with Crippen LogP contribution >= 0.6 is 12.4 Å². The Labute approximate surface area is 163 Å². The van der Waals surface area contributed by atoms with Gasteiger partial charge in [-0.1, -0.05) is 47.6 Å². The van der Waals surface area contributed by atoms with E-state index < -0.39 is 0 Å². The maximum absolute atomic E-state index is 14.4. The number of guanidine groups is 1. The van der Waals surface area contributed by atoms with Crippen LogP contribution in [0.2, 0.25) is 0 Å². The first kappa shape index (κ1) is 20.5. The van der Waals surface area contributed by atoms with E-state index in [0.29, 0.717) is 30.8 Å². The fraction of sp³-hybridized carbons (Fsp3) is 0.200. The highest BCUT2D eigenvalue weighted by Crippen LogP contribution is 2.24. The van der Waals surface area contributed by atoms with Gasteiger partial charge in [-0.3, -0.25) is 10.7 Å². The highest BCUT2D eigenvalue weighted by Gasteiger charge is 2.09. The summed E-state index contributed by atoms with van der Waals surface area (Å²) >= 11 is 0. The van der Waals surface area contributed by atoms with E-state index >= 15 is 0 Å². The van der Waals surface area contributed by atoms with Crippen molar-refractivity contribution >= 4 is 24.3 Å². The van der Waals surface area contributed by atoms with Gasteiger partial charge in [-0.15, -0.1) is 12.4 Å². The average molecular weight is 389 g/mol. The molecule has 0 saturated carbocycles. The van der Waals surface area contributed by atoms with Crippen LogP contribution in [0.1, 0.15) is 18.2 Å². The van der Waals surface area contributed by atoms with Crippen LogP contribution in [0.5, 0.6) is 0 Å². The summed E-state index contributed by atoms with van der Waals surface area (Å²) in [4.78, 5) is 0. The minimum absolute atomic E-state index is 0. The van der Waals surface area contributed by atoms with Gasteiger partial charge in [-0.2, -0.15) is 0 Å². The van der Waals surface area contributed by atoms with E-state index in [-0.39, 0.29) is 24.2 Å². The Kier molecular flexibility index (Phi) is 7.37. The van der Waals surface area contributed by atoms with Gasteiger partial charge in [0.15, 0.2) is 5.96 Å². The Morgan fingerprint density at radius 3 is 2.59 bits per heavy atom. The summed E-state index contributed by atoms with van der Waals surface area (Å²) in [7, 11) is 0. The number of nitrogens with zero attached hydrogens (tertiary/aromatic N) is 1. The van der Waals surface area contributed by atoms with E-state index in [1.807, 2.05) is 49.4 Å². The summed E-state index contributed by atoms with van der Waals surface area (Å²) in [5.74, 6) is 0.348. The standard InChI is InChI=1S/C20H21FN4O.ClH/c1-2-23-20(22)24-19-13-16(25-26-19)10-8-14-9-11-17(18(21)12-14)15-6-4-3-5-7-15;/h3-7,9,11-13H,2,8,10H2,1H3,(H3,22,23,24);1H. The van der Waals surface area contributed by atoms with Crippen molar-refractivity contribution in [3.8, 4) is 11.1 Å². The van der Waals surface area contributed by atoms with Crippen LogP contribution in [0.3, 0.4) is 0 Å². The molecule has 3 rings (SSSR count). The Hall–Kier alpha value is -2.86. The van der Waals surface area contributed by atoms with Gasteiger partial charge in [0.05, 0.1) is 5.69 Å². The van der Waals surface area contributed by atoms with Crippen molar-refractivity contribution in [2.24, 2.45) is 0 Å². The lowest BCUT2D eigenvalue weighted by Crippen LogP contribution is -2.28. The van der Waals surface area contributed by atoms with Crippen molar-refractivity contribution in [2.45, 2.75) is 19.8 Å². The Balaban J connectivity index is 0.00000261. The number of hydrogen-bond donors (Lipinski definition) is 3. The quantitative estimate of drug-likeness (QED) is 0.424. The van der Waals surface area contributed by atoms with E-state index in [1.54, 1.807) is 12.1 Å². The molecule has 0 fully saturated rings. The summed E-state index contributed by atoms with van der Waals surface area (Å²) in [6.07, 6.45) is 1.28. The SMILES string of the molecule is CCNC(=N)Nc1cc(CCc2ccc(-c3ccccc3)c(F)c2)no1.Cl. The third-order valence-electron chi connectivity index (χ3n) is 3.95. The lowest BCUT2D eigenvalue weighted by molar-refractivity contribution is 0.426. The van der Waals surface area contributed by atoms with Crippen LogP contribution in [-0.4, -0.2) is 17.7 Å². The first-order valence-corrected chi connectivity index (χ1v) is 8.54. The molecule has 0 aliphatic rings. The first-order chi connectivity index (χ1) is 12.7. The molecule has 0 amide bonds. The summed E-state index contributed by atoms with van der Waals surface area (Å²) < 4.78 is 19.6. The van der Waals surface area contributed by atoms with Crippen molar-refractivity contribution in [2.75, 3.05) is 11.9 Å². The molecule has 27 heavy (non-hydrogen) atoms. The summed E-state index contributed by atoms with van der Waals surface area (Å²) in [5, 5.41) is 17.2.